The highest BCUT2D eigenvalue weighted by Gasteiger charge is 2.43. The van der Waals surface area contributed by atoms with Gasteiger partial charge in [-0.1, -0.05) is 79.1 Å². The normalized spacial score (nSPS) is 12.9. The predicted molar refractivity (Wildman–Crippen MR) is 91.9 cm³/mol. The zero-order valence-electron chi connectivity index (χ0n) is 14.6. The molecule has 0 rings (SSSR count). The Kier molecular flexibility index (Phi) is 10.6. The fraction of sp³-hybridized carbons (Fsp3) is 1.00. The molecule has 0 amide bonds. The predicted octanol–water partition coefficient (Wildman–Crippen LogP) is 5.14. The number of rotatable bonds is 13. The molecular weight excluding hydrogens is 244 g/mol. The summed E-state index contributed by atoms with van der Waals surface area (Å²) in [4.78, 5) is 0. The van der Waals surface area contributed by atoms with E-state index in [2.05, 4.69) is 27.7 Å². The second-order valence-electron chi connectivity index (χ2n) is 6.73. The molecule has 2 heteroatoms. The molecule has 0 aromatic rings. The lowest BCUT2D eigenvalue weighted by molar-refractivity contribution is 0.152. The Bertz CT molecular complexity index is 185. The van der Waals surface area contributed by atoms with Crippen LogP contribution in [0.15, 0.2) is 0 Å². The molecule has 0 aromatic heterocycles. The molecule has 0 unspecified atom stereocenters. The maximum atomic E-state index is 6.91. The molecule has 2 nitrogen and oxygen atoms in total. The molecule has 0 saturated heterocycles. The average Bonchev–Trinajstić information content (AvgIpc) is 2.46. The highest BCUT2D eigenvalue weighted by Crippen LogP contribution is 2.36. The SMILES string of the molecule is CCCCC(N)(CCCC)C(N)(CCCC)CCCC. The molecule has 0 spiro atoms. The first-order valence-electron chi connectivity index (χ1n) is 9.07. The Hall–Kier alpha value is -0.0800. The topological polar surface area (TPSA) is 52.0 Å². The minimum atomic E-state index is -0.163. The van der Waals surface area contributed by atoms with E-state index >= 15 is 0 Å². The van der Waals surface area contributed by atoms with E-state index in [1.807, 2.05) is 0 Å². The van der Waals surface area contributed by atoms with E-state index < -0.39 is 0 Å². The van der Waals surface area contributed by atoms with Crippen molar-refractivity contribution in [2.75, 3.05) is 0 Å². The van der Waals surface area contributed by atoms with Crippen LogP contribution in [0.25, 0.3) is 0 Å². The molecule has 20 heavy (non-hydrogen) atoms. The summed E-state index contributed by atoms with van der Waals surface area (Å²) >= 11 is 0. The molecule has 4 N–H and O–H groups in total. The van der Waals surface area contributed by atoms with Gasteiger partial charge in [-0.2, -0.15) is 0 Å². The molecule has 0 radical (unpaired) electrons. The summed E-state index contributed by atoms with van der Waals surface area (Å²) in [6.07, 6.45) is 14.0. The van der Waals surface area contributed by atoms with Gasteiger partial charge in [-0.3, -0.25) is 0 Å². The lowest BCUT2D eigenvalue weighted by Gasteiger charge is -2.47. The largest absolute Gasteiger partial charge is 0.324 e. The second kappa shape index (κ2) is 10.6. The molecule has 0 fully saturated rings. The van der Waals surface area contributed by atoms with E-state index in [0.717, 1.165) is 25.7 Å². The van der Waals surface area contributed by atoms with Gasteiger partial charge in [-0.15, -0.1) is 0 Å². The summed E-state index contributed by atoms with van der Waals surface area (Å²) in [5, 5.41) is 0. The van der Waals surface area contributed by atoms with Gasteiger partial charge in [0.15, 0.2) is 0 Å². The van der Waals surface area contributed by atoms with Gasteiger partial charge in [-0.05, 0) is 25.7 Å². The third kappa shape index (κ3) is 6.13. The Balaban J connectivity index is 5.02. The number of hydrogen-bond acceptors (Lipinski definition) is 2. The zero-order chi connectivity index (χ0) is 15.5. The van der Waals surface area contributed by atoms with Gasteiger partial charge in [0.25, 0.3) is 0 Å². The van der Waals surface area contributed by atoms with E-state index in [1.165, 1.54) is 51.4 Å². The van der Waals surface area contributed by atoms with E-state index in [1.54, 1.807) is 0 Å². The van der Waals surface area contributed by atoms with E-state index in [4.69, 9.17) is 11.5 Å². The Labute approximate surface area is 128 Å². The minimum absolute atomic E-state index is 0.163. The molecule has 0 saturated carbocycles. The first-order chi connectivity index (χ1) is 9.49. The van der Waals surface area contributed by atoms with Crippen molar-refractivity contribution in [2.45, 2.75) is 116 Å². The fourth-order valence-electron chi connectivity index (χ4n) is 3.21. The number of nitrogens with two attached hydrogens (primary N) is 2. The Morgan fingerprint density at radius 1 is 0.500 bits per heavy atom. The summed E-state index contributed by atoms with van der Waals surface area (Å²) in [7, 11) is 0. The van der Waals surface area contributed by atoms with Crippen molar-refractivity contribution in [3.63, 3.8) is 0 Å². The summed E-state index contributed by atoms with van der Waals surface area (Å²) in [6.45, 7) is 8.99. The summed E-state index contributed by atoms with van der Waals surface area (Å²) in [6, 6.07) is 0. The lowest BCUT2D eigenvalue weighted by Crippen LogP contribution is -2.65. The zero-order valence-corrected chi connectivity index (χ0v) is 14.6. The lowest BCUT2D eigenvalue weighted by atomic mass is 9.67. The molecule has 0 atom stereocenters. The molecular formula is C18H40N2. The van der Waals surface area contributed by atoms with Crippen LogP contribution in [0.5, 0.6) is 0 Å². The van der Waals surface area contributed by atoms with Crippen molar-refractivity contribution in [1.82, 2.24) is 0 Å². The van der Waals surface area contributed by atoms with Crippen LogP contribution in [0.3, 0.4) is 0 Å². The van der Waals surface area contributed by atoms with Gasteiger partial charge < -0.3 is 11.5 Å². The second-order valence-corrected chi connectivity index (χ2v) is 6.73. The van der Waals surface area contributed by atoms with Gasteiger partial charge in [0, 0.05) is 11.1 Å². The van der Waals surface area contributed by atoms with E-state index in [-0.39, 0.29) is 11.1 Å². The van der Waals surface area contributed by atoms with Crippen molar-refractivity contribution < 1.29 is 0 Å². The first kappa shape index (κ1) is 19.9. The van der Waals surface area contributed by atoms with Crippen LogP contribution in [-0.4, -0.2) is 11.1 Å². The standard InChI is InChI=1S/C18H40N2/c1-5-9-13-17(19,14-10-6-2)18(20,15-11-7-3)16-12-8-4/h5-16,19-20H2,1-4H3. The first-order valence-corrected chi connectivity index (χ1v) is 9.07. The third-order valence-corrected chi connectivity index (χ3v) is 4.90. The highest BCUT2D eigenvalue weighted by atomic mass is 14.9. The molecule has 0 aliphatic carbocycles. The van der Waals surface area contributed by atoms with Crippen LogP contribution in [0.2, 0.25) is 0 Å². The molecule has 122 valence electrons. The van der Waals surface area contributed by atoms with Crippen LogP contribution in [0.4, 0.5) is 0 Å². The van der Waals surface area contributed by atoms with Gasteiger partial charge >= 0.3 is 0 Å². The molecule has 0 heterocycles. The quantitative estimate of drug-likeness (QED) is 0.492. The monoisotopic (exact) mass is 284 g/mol. The Morgan fingerprint density at radius 2 is 0.700 bits per heavy atom. The Morgan fingerprint density at radius 3 is 0.850 bits per heavy atom. The maximum Gasteiger partial charge on any atom is 0.0336 e. The van der Waals surface area contributed by atoms with Gasteiger partial charge in [0.1, 0.15) is 0 Å². The fourth-order valence-corrected chi connectivity index (χ4v) is 3.21. The van der Waals surface area contributed by atoms with Crippen molar-refractivity contribution in [1.29, 1.82) is 0 Å². The van der Waals surface area contributed by atoms with Gasteiger partial charge in [-0.25, -0.2) is 0 Å². The van der Waals surface area contributed by atoms with Gasteiger partial charge in [0.05, 0.1) is 0 Å². The van der Waals surface area contributed by atoms with Crippen molar-refractivity contribution >= 4 is 0 Å². The summed E-state index contributed by atoms with van der Waals surface area (Å²) in [5.74, 6) is 0. The third-order valence-electron chi connectivity index (χ3n) is 4.90. The smallest absolute Gasteiger partial charge is 0.0336 e. The molecule has 0 aromatic carbocycles. The van der Waals surface area contributed by atoms with E-state index in [9.17, 15) is 0 Å². The maximum absolute atomic E-state index is 6.91. The van der Waals surface area contributed by atoms with Crippen molar-refractivity contribution in [3.05, 3.63) is 0 Å². The molecule has 0 aliphatic heterocycles. The summed E-state index contributed by atoms with van der Waals surface area (Å²) in [5.41, 5.74) is 13.5. The van der Waals surface area contributed by atoms with Crippen LogP contribution in [0, 0.1) is 0 Å². The van der Waals surface area contributed by atoms with Crippen LogP contribution in [0.1, 0.15) is 105 Å². The van der Waals surface area contributed by atoms with E-state index in [0.29, 0.717) is 0 Å². The molecule has 0 bridgehead atoms. The van der Waals surface area contributed by atoms with Gasteiger partial charge in [0.2, 0.25) is 0 Å². The van der Waals surface area contributed by atoms with Crippen LogP contribution < -0.4 is 11.5 Å². The summed E-state index contributed by atoms with van der Waals surface area (Å²) < 4.78 is 0. The number of unbranched alkanes of at least 4 members (excludes halogenated alkanes) is 4. The highest BCUT2D eigenvalue weighted by molar-refractivity contribution is 5.06. The van der Waals surface area contributed by atoms with Crippen molar-refractivity contribution in [3.8, 4) is 0 Å². The van der Waals surface area contributed by atoms with Crippen LogP contribution in [-0.2, 0) is 0 Å². The molecule has 0 aliphatic rings. The van der Waals surface area contributed by atoms with Crippen LogP contribution >= 0.6 is 0 Å². The minimum Gasteiger partial charge on any atom is -0.324 e. The number of hydrogen-bond donors (Lipinski definition) is 2. The average molecular weight is 285 g/mol. The van der Waals surface area contributed by atoms with Crippen molar-refractivity contribution in [2.24, 2.45) is 11.5 Å².